The molecule has 0 aliphatic heterocycles. The third-order valence-electron chi connectivity index (χ3n) is 5.14. The number of carbonyl (C=O) groups excluding carboxylic acids is 3. The Morgan fingerprint density at radius 2 is 1.59 bits per heavy atom. The Hall–Kier alpha value is -3.52. The van der Waals surface area contributed by atoms with Crippen LogP contribution in [0.2, 0.25) is 5.02 Å². The summed E-state index contributed by atoms with van der Waals surface area (Å²) in [6.45, 7) is 0.154. The zero-order valence-corrected chi connectivity index (χ0v) is 19.3. The van der Waals surface area contributed by atoms with Gasteiger partial charge in [0.2, 0.25) is 5.78 Å². The van der Waals surface area contributed by atoms with Crippen LogP contribution in [0.3, 0.4) is 0 Å². The molecule has 1 heterocycles. The molecule has 0 saturated heterocycles. The minimum absolute atomic E-state index is 0.0268. The lowest BCUT2D eigenvalue weighted by molar-refractivity contribution is -0.142. The number of ether oxygens (including phenoxy) is 2. The van der Waals surface area contributed by atoms with Gasteiger partial charge in [-0.25, -0.2) is 0 Å². The van der Waals surface area contributed by atoms with Crippen molar-refractivity contribution in [2.24, 2.45) is 0 Å². The minimum atomic E-state index is -2.91. The molecule has 0 aliphatic rings. The molecule has 6 nitrogen and oxygen atoms in total. The molecule has 0 radical (unpaired) electrons. The molecule has 0 fully saturated rings. The van der Waals surface area contributed by atoms with Crippen molar-refractivity contribution in [1.82, 2.24) is 4.57 Å². The van der Waals surface area contributed by atoms with Gasteiger partial charge in [0.05, 0.1) is 6.42 Å². The van der Waals surface area contributed by atoms with Crippen molar-refractivity contribution in [3.8, 4) is 11.4 Å². The van der Waals surface area contributed by atoms with E-state index in [1.165, 1.54) is 12.1 Å². The normalized spacial score (nSPS) is 10.9. The van der Waals surface area contributed by atoms with Crippen LogP contribution in [-0.4, -0.2) is 35.3 Å². The summed E-state index contributed by atoms with van der Waals surface area (Å²) >= 11 is 5.80. The van der Waals surface area contributed by atoms with Crippen molar-refractivity contribution in [3.63, 3.8) is 0 Å². The number of rotatable bonds is 10. The Labute approximate surface area is 200 Å². The Morgan fingerprint density at radius 3 is 2.21 bits per heavy atom. The highest BCUT2D eigenvalue weighted by Crippen LogP contribution is 2.24. The van der Waals surface area contributed by atoms with Crippen LogP contribution in [0.25, 0.3) is 5.69 Å². The highest BCUT2D eigenvalue weighted by Gasteiger charge is 2.19. The maximum atomic E-state index is 12.7. The van der Waals surface area contributed by atoms with Crippen molar-refractivity contribution in [2.45, 2.75) is 33.3 Å². The Kier molecular flexibility index (Phi) is 8.17. The summed E-state index contributed by atoms with van der Waals surface area (Å²) in [5.74, 6) is -1.25. The molecule has 0 saturated carbocycles. The summed E-state index contributed by atoms with van der Waals surface area (Å²) in [7, 11) is 0. The van der Waals surface area contributed by atoms with Gasteiger partial charge in [0.25, 0.3) is 0 Å². The number of hydrogen-bond donors (Lipinski definition) is 0. The molecule has 0 aliphatic carbocycles. The standard InChI is InChI=1S/C25H22ClF2NO5/c1-15-13-21(16(2)29(15)19-7-9-20(10-8-19)34-25(27)28)23(31)14-33-24(32)12-11-22(30)17-3-5-18(26)6-4-17/h3-10,13,25H,11-12,14H2,1-2H3. The number of alkyl halides is 2. The fraction of sp³-hybridized carbons (Fsp3) is 0.240. The second-order valence-electron chi connectivity index (χ2n) is 7.51. The lowest BCUT2D eigenvalue weighted by Gasteiger charge is -2.11. The topological polar surface area (TPSA) is 74.6 Å². The zero-order chi connectivity index (χ0) is 24.8. The summed E-state index contributed by atoms with van der Waals surface area (Å²) in [5.41, 5.74) is 2.82. The lowest BCUT2D eigenvalue weighted by atomic mass is 10.1. The van der Waals surface area contributed by atoms with E-state index in [2.05, 4.69) is 4.74 Å². The molecule has 9 heteroatoms. The molecule has 178 valence electrons. The first-order valence-electron chi connectivity index (χ1n) is 10.4. The number of ketones is 2. The second kappa shape index (κ2) is 11.1. The highest BCUT2D eigenvalue weighted by atomic mass is 35.5. The van der Waals surface area contributed by atoms with Gasteiger partial charge in [0.1, 0.15) is 5.75 Å². The predicted octanol–water partition coefficient (Wildman–Crippen LogP) is 5.74. The van der Waals surface area contributed by atoms with Crippen molar-refractivity contribution in [1.29, 1.82) is 0 Å². The molecular weight excluding hydrogens is 468 g/mol. The smallest absolute Gasteiger partial charge is 0.387 e. The molecule has 3 rings (SSSR count). The first kappa shape index (κ1) is 25.1. The number of halogens is 3. The number of Topliss-reactive ketones (excluding diaryl/α,β-unsaturated/α-hetero) is 2. The van der Waals surface area contributed by atoms with Crippen LogP contribution in [0.5, 0.6) is 5.75 Å². The molecule has 0 N–H and O–H groups in total. The predicted molar refractivity (Wildman–Crippen MR) is 122 cm³/mol. The summed E-state index contributed by atoms with van der Waals surface area (Å²) in [4.78, 5) is 36.8. The third kappa shape index (κ3) is 6.29. The van der Waals surface area contributed by atoms with Crippen LogP contribution in [0.4, 0.5) is 8.78 Å². The number of carbonyl (C=O) groups is 3. The minimum Gasteiger partial charge on any atom is -0.457 e. The van der Waals surface area contributed by atoms with Gasteiger partial charge in [-0.05, 0) is 68.4 Å². The lowest BCUT2D eigenvalue weighted by Crippen LogP contribution is -2.15. The van der Waals surface area contributed by atoms with Gasteiger partial charge in [0, 0.05) is 39.6 Å². The fourth-order valence-electron chi connectivity index (χ4n) is 3.51. The van der Waals surface area contributed by atoms with Gasteiger partial charge in [0.15, 0.2) is 12.4 Å². The third-order valence-corrected chi connectivity index (χ3v) is 5.39. The molecule has 0 amide bonds. The van der Waals surface area contributed by atoms with Crippen LogP contribution in [0.15, 0.2) is 54.6 Å². The molecule has 0 unspecified atom stereocenters. The molecular formula is C25H22ClF2NO5. The van der Waals surface area contributed by atoms with E-state index in [1.807, 2.05) is 0 Å². The van der Waals surface area contributed by atoms with Gasteiger partial charge in [-0.3, -0.25) is 14.4 Å². The Bertz CT molecular complexity index is 1190. The summed E-state index contributed by atoms with van der Waals surface area (Å²) < 4.78 is 35.9. The number of hydrogen-bond acceptors (Lipinski definition) is 5. The molecule has 0 spiro atoms. The maximum absolute atomic E-state index is 12.7. The molecule has 2 aromatic carbocycles. The van der Waals surface area contributed by atoms with E-state index in [4.69, 9.17) is 16.3 Å². The van der Waals surface area contributed by atoms with Crippen LogP contribution in [0.1, 0.15) is 44.9 Å². The SMILES string of the molecule is Cc1cc(C(=O)COC(=O)CCC(=O)c2ccc(Cl)cc2)c(C)n1-c1ccc(OC(F)F)cc1. The van der Waals surface area contributed by atoms with Gasteiger partial charge in [-0.1, -0.05) is 11.6 Å². The molecule has 3 aromatic rings. The maximum Gasteiger partial charge on any atom is 0.387 e. The first-order chi connectivity index (χ1) is 16.2. The van der Waals surface area contributed by atoms with Crippen molar-refractivity contribution in [3.05, 3.63) is 82.1 Å². The molecule has 0 atom stereocenters. The first-order valence-corrected chi connectivity index (χ1v) is 10.7. The zero-order valence-electron chi connectivity index (χ0n) is 18.5. The van der Waals surface area contributed by atoms with Gasteiger partial charge < -0.3 is 14.0 Å². The largest absolute Gasteiger partial charge is 0.457 e. The summed E-state index contributed by atoms with van der Waals surface area (Å²) in [6, 6.07) is 14.0. The highest BCUT2D eigenvalue weighted by molar-refractivity contribution is 6.30. The van der Waals surface area contributed by atoms with Crippen molar-refractivity contribution in [2.75, 3.05) is 6.61 Å². The van der Waals surface area contributed by atoms with Gasteiger partial charge in [-0.2, -0.15) is 8.78 Å². The van der Waals surface area contributed by atoms with E-state index >= 15 is 0 Å². The number of nitrogens with zero attached hydrogens (tertiary/aromatic N) is 1. The van der Waals surface area contributed by atoms with Crippen LogP contribution in [0, 0.1) is 13.8 Å². The van der Waals surface area contributed by atoms with Crippen LogP contribution < -0.4 is 4.74 Å². The average Bonchev–Trinajstić information content (AvgIpc) is 3.10. The Morgan fingerprint density at radius 1 is 0.941 bits per heavy atom. The van der Waals surface area contributed by atoms with Crippen LogP contribution in [-0.2, 0) is 9.53 Å². The number of aromatic nitrogens is 1. The van der Waals surface area contributed by atoms with Crippen molar-refractivity contribution >= 4 is 29.1 Å². The van der Waals surface area contributed by atoms with E-state index in [-0.39, 0.29) is 24.4 Å². The number of benzene rings is 2. The average molecular weight is 490 g/mol. The summed E-state index contributed by atoms with van der Waals surface area (Å²) in [5, 5.41) is 0.506. The fourth-order valence-corrected chi connectivity index (χ4v) is 3.64. The quantitative estimate of drug-likeness (QED) is 0.268. The van der Waals surface area contributed by atoms with E-state index < -0.39 is 25.0 Å². The van der Waals surface area contributed by atoms with E-state index in [1.54, 1.807) is 60.9 Å². The summed E-state index contributed by atoms with van der Waals surface area (Å²) in [6.07, 6.45) is -0.199. The number of aryl methyl sites for hydroxylation is 1. The molecule has 0 bridgehead atoms. The van der Waals surface area contributed by atoms with Gasteiger partial charge in [-0.15, -0.1) is 0 Å². The van der Waals surface area contributed by atoms with Crippen molar-refractivity contribution < 1.29 is 32.6 Å². The Balaban J connectivity index is 1.58. The van der Waals surface area contributed by atoms with Crippen LogP contribution >= 0.6 is 11.6 Å². The van der Waals surface area contributed by atoms with E-state index in [9.17, 15) is 23.2 Å². The van der Waals surface area contributed by atoms with E-state index in [0.29, 0.717) is 27.5 Å². The number of esters is 1. The van der Waals surface area contributed by atoms with E-state index in [0.717, 1.165) is 5.69 Å². The molecule has 34 heavy (non-hydrogen) atoms. The molecule has 1 aromatic heterocycles. The monoisotopic (exact) mass is 489 g/mol. The second-order valence-corrected chi connectivity index (χ2v) is 7.94. The van der Waals surface area contributed by atoms with Gasteiger partial charge >= 0.3 is 12.6 Å².